The van der Waals surface area contributed by atoms with Crippen molar-refractivity contribution in [3.63, 3.8) is 0 Å². The second kappa shape index (κ2) is 6.73. The number of benzene rings is 2. The van der Waals surface area contributed by atoms with Gasteiger partial charge in [-0.1, -0.05) is 41.9 Å². The van der Waals surface area contributed by atoms with Crippen molar-refractivity contribution in [2.45, 2.75) is 6.42 Å². The number of nitrogens with one attached hydrogen (secondary N) is 1. The first-order valence-electron chi connectivity index (χ1n) is 6.76. The van der Waals surface area contributed by atoms with Gasteiger partial charge in [0.15, 0.2) is 0 Å². The number of carbonyl (C=O) groups excluding carboxylic acids is 1. The van der Waals surface area contributed by atoms with E-state index in [4.69, 9.17) is 11.6 Å². The maximum absolute atomic E-state index is 12.0. The summed E-state index contributed by atoms with van der Waals surface area (Å²) in [5, 5.41) is 6.30. The topological polar surface area (TPSA) is 42.0 Å². The van der Waals surface area contributed by atoms with E-state index in [2.05, 4.69) is 10.3 Å². The van der Waals surface area contributed by atoms with Crippen molar-refractivity contribution < 1.29 is 4.79 Å². The molecular formula is C17H13ClN2OS. The molecule has 3 rings (SSSR count). The Bertz CT molecular complexity index is 786. The average molecular weight is 329 g/mol. The highest BCUT2D eigenvalue weighted by Crippen LogP contribution is 2.26. The van der Waals surface area contributed by atoms with Crippen molar-refractivity contribution in [3.05, 3.63) is 70.7 Å². The molecule has 0 atom stereocenters. The maximum atomic E-state index is 12.0. The number of rotatable bonds is 4. The second-order valence-electron chi connectivity index (χ2n) is 4.75. The van der Waals surface area contributed by atoms with E-state index in [1.165, 1.54) is 11.3 Å². The number of halogens is 1. The van der Waals surface area contributed by atoms with E-state index in [1.54, 1.807) is 0 Å². The quantitative estimate of drug-likeness (QED) is 0.757. The van der Waals surface area contributed by atoms with Crippen LogP contribution in [-0.2, 0) is 11.2 Å². The number of hydrogen-bond acceptors (Lipinski definition) is 3. The first-order valence-corrected chi connectivity index (χ1v) is 8.02. The van der Waals surface area contributed by atoms with Gasteiger partial charge in [-0.2, -0.15) is 0 Å². The fraction of sp³-hybridized carbons (Fsp3) is 0.0588. The number of anilines is 1. The summed E-state index contributed by atoms with van der Waals surface area (Å²) in [5.74, 6) is -0.0749. The highest BCUT2D eigenvalue weighted by atomic mass is 35.5. The van der Waals surface area contributed by atoms with Crippen LogP contribution >= 0.6 is 22.9 Å². The van der Waals surface area contributed by atoms with Crippen molar-refractivity contribution in [2.24, 2.45) is 0 Å². The summed E-state index contributed by atoms with van der Waals surface area (Å²) in [7, 11) is 0. The molecule has 1 aromatic heterocycles. The van der Waals surface area contributed by atoms with Gasteiger partial charge < -0.3 is 5.32 Å². The smallest absolute Gasteiger partial charge is 0.230 e. The van der Waals surface area contributed by atoms with Gasteiger partial charge in [0.1, 0.15) is 5.01 Å². The normalized spacial score (nSPS) is 10.4. The van der Waals surface area contributed by atoms with Crippen molar-refractivity contribution in [2.75, 3.05) is 5.32 Å². The SMILES string of the molecule is O=C(Cc1csc(-c2cccc(Cl)c2)n1)Nc1ccccc1. The number of para-hydroxylation sites is 1. The summed E-state index contributed by atoms with van der Waals surface area (Å²) in [6.45, 7) is 0. The van der Waals surface area contributed by atoms with E-state index < -0.39 is 0 Å². The predicted molar refractivity (Wildman–Crippen MR) is 91.3 cm³/mol. The van der Waals surface area contributed by atoms with Gasteiger partial charge in [0.2, 0.25) is 5.91 Å². The van der Waals surface area contributed by atoms with Crippen LogP contribution in [0, 0.1) is 0 Å². The zero-order valence-electron chi connectivity index (χ0n) is 11.6. The maximum Gasteiger partial charge on any atom is 0.230 e. The molecular weight excluding hydrogens is 316 g/mol. The zero-order valence-corrected chi connectivity index (χ0v) is 13.2. The van der Waals surface area contributed by atoms with E-state index in [1.807, 2.05) is 60.0 Å². The van der Waals surface area contributed by atoms with Gasteiger partial charge in [0.05, 0.1) is 12.1 Å². The molecule has 0 radical (unpaired) electrons. The monoisotopic (exact) mass is 328 g/mol. The van der Waals surface area contributed by atoms with Crippen molar-refractivity contribution in [1.29, 1.82) is 0 Å². The lowest BCUT2D eigenvalue weighted by Gasteiger charge is -2.03. The van der Waals surface area contributed by atoms with Crippen LogP contribution in [0.15, 0.2) is 60.0 Å². The predicted octanol–water partition coefficient (Wildman–Crippen LogP) is 4.64. The summed E-state index contributed by atoms with van der Waals surface area (Å²) in [6, 6.07) is 16.9. The molecule has 0 aliphatic carbocycles. The third kappa shape index (κ3) is 3.72. The van der Waals surface area contributed by atoms with E-state index >= 15 is 0 Å². The van der Waals surface area contributed by atoms with Crippen molar-refractivity contribution in [3.8, 4) is 10.6 Å². The molecule has 0 saturated carbocycles. The van der Waals surface area contributed by atoms with E-state index in [9.17, 15) is 4.79 Å². The summed E-state index contributed by atoms with van der Waals surface area (Å²) >= 11 is 7.50. The molecule has 0 aliphatic heterocycles. The minimum atomic E-state index is -0.0749. The largest absolute Gasteiger partial charge is 0.326 e. The Hall–Kier alpha value is -2.17. The van der Waals surface area contributed by atoms with E-state index in [-0.39, 0.29) is 12.3 Å². The third-order valence-corrected chi connectivity index (χ3v) is 4.20. The molecule has 1 heterocycles. The number of nitrogens with zero attached hydrogens (tertiary/aromatic N) is 1. The molecule has 3 nitrogen and oxygen atoms in total. The Kier molecular flexibility index (Phi) is 4.51. The zero-order chi connectivity index (χ0) is 15.4. The lowest BCUT2D eigenvalue weighted by atomic mass is 10.2. The van der Waals surface area contributed by atoms with Gasteiger partial charge in [-0.15, -0.1) is 11.3 Å². The molecule has 0 bridgehead atoms. The van der Waals surface area contributed by atoms with E-state index in [0.717, 1.165) is 22.0 Å². The molecule has 2 aromatic carbocycles. The van der Waals surface area contributed by atoms with Crippen molar-refractivity contribution >= 4 is 34.5 Å². The summed E-state index contributed by atoms with van der Waals surface area (Å²) in [5.41, 5.74) is 2.51. The molecule has 0 aliphatic rings. The summed E-state index contributed by atoms with van der Waals surface area (Å²) in [6.07, 6.45) is 0.256. The van der Waals surface area contributed by atoms with Crippen LogP contribution in [0.3, 0.4) is 0 Å². The van der Waals surface area contributed by atoms with Gasteiger partial charge in [-0.05, 0) is 24.3 Å². The van der Waals surface area contributed by atoms with Gasteiger partial charge in [0.25, 0.3) is 0 Å². The number of carbonyl (C=O) groups is 1. The van der Waals surface area contributed by atoms with Crippen LogP contribution in [-0.4, -0.2) is 10.9 Å². The van der Waals surface area contributed by atoms with Gasteiger partial charge in [0, 0.05) is 21.7 Å². The van der Waals surface area contributed by atoms with Gasteiger partial charge in [-0.3, -0.25) is 4.79 Å². The van der Waals surface area contributed by atoms with Crippen LogP contribution in [0.2, 0.25) is 5.02 Å². The van der Waals surface area contributed by atoms with E-state index in [0.29, 0.717) is 5.02 Å². The lowest BCUT2D eigenvalue weighted by Crippen LogP contribution is -2.14. The minimum Gasteiger partial charge on any atom is -0.326 e. The minimum absolute atomic E-state index is 0.0749. The van der Waals surface area contributed by atoms with Crippen LogP contribution in [0.4, 0.5) is 5.69 Å². The first-order chi connectivity index (χ1) is 10.7. The van der Waals surface area contributed by atoms with Crippen LogP contribution < -0.4 is 5.32 Å². The fourth-order valence-electron chi connectivity index (χ4n) is 2.03. The molecule has 1 N–H and O–H groups in total. The Morgan fingerprint density at radius 3 is 2.73 bits per heavy atom. The van der Waals surface area contributed by atoms with Gasteiger partial charge in [-0.25, -0.2) is 4.98 Å². The molecule has 110 valence electrons. The molecule has 5 heteroatoms. The van der Waals surface area contributed by atoms with Gasteiger partial charge >= 0.3 is 0 Å². The van der Waals surface area contributed by atoms with Crippen LogP contribution in [0.5, 0.6) is 0 Å². The second-order valence-corrected chi connectivity index (χ2v) is 6.04. The third-order valence-electron chi connectivity index (χ3n) is 3.02. The Morgan fingerprint density at radius 2 is 1.95 bits per heavy atom. The molecule has 0 spiro atoms. The Balaban J connectivity index is 1.68. The molecule has 0 fully saturated rings. The van der Waals surface area contributed by atoms with Crippen molar-refractivity contribution in [1.82, 2.24) is 4.98 Å². The number of aromatic nitrogens is 1. The number of amides is 1. The average Bonchev–Trinajstić information content (AvgIpc) is 2.96. The number of thiazole rings is 1. The number of hydrogen-bond donors (Lipinski definition) is 1. The molecule has 0 unspecified atom stereocenters. The summed E-state index contributed by atoms with van der Waals surface area (Å²) < 4.78 is 0. The lowest BCUT2D eigenvalue weighted by molar-refractivity contribution is -0.115. The highest BCUT2D eigenvalue weighted by Gasteiger charge is 2.09. The van der Waals surface area contributed by atoms with Crippen LogP contribution in [0.1, 0.15) is 5.69 Å². The summed E-state index contributed by atoms with van der Waals surface area (Å²) in [4.78, 5) is 16.5. The highest BCUT2D eigenvalue weighted by molar-refractivity contribution is 7.13. The molecule has 0 saturated heterocycles. The standard InChI is InChI=1S/C17H13ClN2OS/c18-13-6-4-5-12(9-13)17-20-15(11-22-17)10-16(21)19-14-7-2-1-3-8-14/h1-9,11H,10H2,(H,19,21). The Morgan fingerprint density at radius 1 is 1.14 bits per heavy atom. The molecule has 1 amide bonds. The Labute approximate surface area is 137 Å². The molecule has 22 heavy (non-hydrogen) atoms. The fourth-order valence-corrected chi connectivity index (χ4v) is 3.04. The molecule has 3 aromatic rings. The van der Waals surface area contributed by atoms with Crippen LogP contribution in [0.25, 0.3) is 10.6 Å². The first kappa shape index (κ1) is 14.8.